The number of amides is 1. The summed E-state index contributed by atoms with van der Waals surface area (Å²) in [6.07, 6.45) is 4.35. The fourth-order valence-electron chi connectivity index (χ4n) is 6.64. The number of morpholine rings is 1. The van der Waals surface area contributed by atoms with Crippen LogP contribution in [0.4, 0.5) is 5.13 Å². The molecule has 4 rings (SSSR count). The highest BCUT2D eigenvalue weighted by Gasteiger charge is 2.59. The van der Waals surface area contributed by atoms with Crippen molar-refractivity contribution in [3.8, 4) is 0 Å². The molecule has 0 bridgehead atoms. The Morgan fingerprint density at radius 2 is 2.06 bits per heavy atom. The Morgan fingerprint density at radius 3 is 2.77 bits per heavy atom. The molecule has 1 saturated carbocycles. The molecule has 1 aromatic rings. The van der Waals surface area contributed by atoms with E-state index < -0.39 is 11.5 Å². The fourth-order valence-corrected chi connectivity index (χ4v) is 7.73. The van der Waals surface area contributed by atoms with Crippen molar-refractivity contribution >= 4 is 22.4 Å². The molecule has 3 aliphatic rings. The lowest BCUT2D eigenvalue weighted by molar-refractivity contribution is -0.906. The average molecular weight is 510 g/mol. The van der Waals surface area contributed by atoms with Gasteiger partial charge in [-0.2, -0.15) is 0 Å². The molecule has 35 heavy (non-hydrogen) atoms. The van der Waals surface area contributed by atoms with E-state index in [-0.39, 0.29) is 29.8 Å². The van der Waals surface area contributed by atoms with Gasteiger partial charge in [0.1, 0.15) is 13.1 Å². The van der Waals surface area contributed by atoms with Gasteiger partial charge in [0.25, 0.3) is 0 Å². The van der Waals surface area contributed by atoms with E-state index in [1.54, 1.807) is 11.3 Å². The number of carbonyl (C=O) groups is 1. The van der Waals surface area contributed by atoms with E-state index in [2.05, 4.69) is 24.5 Å². The summed E-state index contributed by atoms with van der Waals surface area (Å²) in [5.74, 6) is 0.139. The molecule has 2 fully saturated rings. The van der Waals surface area contributed by atoms with Gasteiger partial charge in [-0.05, 0) is 37.0 Å². The van der Waals surface area contributed by atoms with Crippen LogP contribution in [-0.2, 0) is 16.0 Å². The van der Waals surface area contributed by atoms with Crippen LogP contribution in [0.2, 0.25) is 0 Å². The number of rotatable bonds is 10. The molecule has 198 valence electrons. The lowest BCUT2D eigenvalue weighted by Crippen LogP contribution is -3.14. The zero-order chi connectivity index (χ0) is 25.1. The van der Waals surface area contributed by atoms with E-state index in [0.717, 1.165) is 75.9 Å². The third-order valence-electron chi connectivity index (χ3n) is 9.09. The minimum absolute atomic E-state index is 0.0247. The van der Waals surface area contributed by atoms with E-state index in [1.165, 1.54) is 9.78 Å². The number of ether oxygens (including phenoxy) is 1. The maximum absolute atomic E-state index is 13.2. The molecule has 2 aliphatic carbocycles. The maximum atomic E-state index is 13.2. The van der Waals surface area contributed by atoms with Crippen molar-refractivity contribution < 1.29 is 24.6 Å². The number of anilines is 1. The Morgan fingerprint density at radius 1 is 1.29 bits per heavy atom. The van der Waals surface area contributed by atoms with Gasteiger partial charge in [-0.1, -0.05) is 27.2 Å². The van der Waals surface area contributed by atoms with Crippen molar-refractivity contribution in [3.63, 3.8) is 0 Å². The van der Waals surface area contributed by atoms with Crippen LogP contribution in [0.15, 0.2) is 0 Å². The molecule has 8 nitrogen and oxygen atoms in total. The van der Waals surface area contributed by atoms with Crippen molar-refractivity contribution in [1.29, 1.82) is 0 Å². The van der Waals surface area contributed by atoms with Crippen molar-refractivity contribution in [1.82, 2.24) is 10.3 Å². The van der Waals surface area contributed by atoms with Crippen molar-refractivity contribution in [3.05, 3.63) is 10.6 Å². The SMILES string of the molecule is CCCCNc1nc2c(s1)C[C@@H]1[C@](C)(CO)[C@H](O)CC[C@@]1(C)[C@@H]2CC(=O)NCC[NH+]1CCOCC1. The molecule has 1 aromatic heterocycles. The van der Waals surface area contributed by atoms with E-state index in [4.69, 9.17) is 9.72 Å². The van der Waals surface area contributed by atoms with Gasteiger partial charge < -0.3 is 30.5 Å². The van der Waals surface area contributed by atoms with Gasteiger partial charge in [0.2, 0.25) is 5.91 Å². The molecular weight excluding hydrogens is 464 g/mol. The highest BCUT2D eigenvalue weighted by atomic mass is 32.1. The molecule has 2 heterocycles. The van der Waals surface area contributed by atoms with Gasteiger partial charge in [-0.3, -0.25) is 4.79 Å². The molecule has 0 unspecified atom stereocenters. The molecular formula is C26H45N4O4S+. The van der Waals surface area contributed by atoms with Gasteiger partial charge in [-0.25, -0.2) is 4.98 Å². The van der Waals surface area contributed by atoms with Crippen LogP contribution in [0.25, 0.3) is 0 Å². The molecule has 5 atom stereocenters. The number of nitrogens with one attached hydrogen (secondary N) is 3. The molecule has 1 amide bonds. The number of aliphatic hydroxyl groups is 2. The number of nitrogens with zero attached hydrogens (tertiary/aromatic N) is 1. The quantitative estimate of drug-likeness (QED) is 0.303. The fraction of sp³-hybridized carbons (Fsp3) is 0.846. The Kier molecular flexibility index (Phi) is 8.74. The van der Waals surface area contributed by atoms with Crippen LogP contribution in [0, 0.1) is 16.7 Å². The largest absolute Gasteiger partial charge is 0.396 e. The minimum Gasteiger partial charge on any atom is -0.396 e. The summed E-state index contributed by atoms with van der Waals surface area (Å²) in [6, 6.07) is 0. The number of hydrogen-bond donors (Lipinski definition) is 5. The number of carbonyl (C=O) groups excluding carboxylic acids is 1. The monoisotopic (exact) mass is 509 g/mol. The molecule has 0 radical (unpaired) electrons. The third kappa shape index (κ3) is 5.54. The molecule has 1 aliphatic heterocycles. The lowest BCUT2D eigenvalue weighted by Gasteiger charge is -2.58. The number of aromatic nitrogens is 1. The predicted molar refractivity (Wildman–Crippen MR) is 138 cm³/mol. The summed E-state index contributed by atoms with van der Waals surface area (Å²) < 4.78 is 5.43. The van der Waals surface area contributed by atoms with E-state index in [1.807, 2.05) is 6.92 Å². The summed E-state index contributed by atoms with van der Waals surface area (Å²) in [5.41, 5.74) is 0.267. The Bertz CT molecular complexity index is 860. The van der Waals surface area contributed by atoms with Crippen LogP contribution in [0.3, 0.4) is 0 Å². The standard InChI is InChI=1S/C26H44N4O4S/c1-4-5-8-28-24-29-23-18(15-22(33)27-9-10-30-11-13-34-14-12-30)25(2)7-6-21(32)26(3,17-31)20(25)16-19(23)35-24/h18,20-21,31-32H,4-17H2,1-3H3,(H,27,33)(H,28,29)/p+1/t18-,20+,21-,25+,26+/m1/s1. The zero-order valence-corrected chi connectivity index (χ0v) is 22.5. The van der Waals surface area contributed by atoms with Gasteiger partial charge in [0.05, 0.1) is 44.7 Å². The first kappa shape index (κ1) is 26.8. The van der Waals surface area contributed by atoms with Crippen molar-refractivity contribution in [2.75, 3.05) is 57.9 Å². The Balaban J connectivity index is 1.53. The van der Waals surface area contributed by atoms with Crippen LogP contribution in [-0.4, -0.2) is 79.8 Å². The van der Waals surface area contributed by atoms with Crippen LogP contribution in [0.5, 0.6) is 0 Å². The number of hydrogen-bond acceptors (Lipinski definition) is 7. The van der Waals surface area contributed by atoms with Crippen LogP contribution < -0.4 is 15.5 Å². The normalized spacial score (nSPS) is 33.1. The Hall–Kier alpha value is -1.26. The second-order valence-electron chi connectivity index (χ2n) is 11.3. The van der Waals surface area contributed by atoms with Crippen LogP contribution in [0.1, 0.15) is 69.4 Å². The van der Waals surface area contributed by atoms with Gasteiger partial charge >= 0.3 is 0 Å². The maximum Gasteiger partial charge on any atom is 0.220 e. The molecule has 5 N–H and O–H groups in total. The summed E-state index contributed by atoms with van der Waals surface area (Å²) in [4.78, 5) is 20.9. The summed E-state index contributed by atoms with van der Waals surface area (Å²) in [6.45, 7) is 12.5. The number of unbranched alkanes of at least 4 members (excludes halogenated alkanes) is 1. The van der Waals surface area contributed by atoms with Gasteiger partial charge in [0, 0.05) is 29.2 Å². The second kappa shape index (κ2) is 11.4. The first-order valence-electron chi connectivity index (χ1n) is 13.5. The average Bonchev–Trinajstić information content (AvgIpc) is 3.26. The number of thiazole rings is 1. The zero-order valence-electron chi connectivity index (χ0n) is 21.7. The minimum atomic E-state index is -0.584. The predicted octanol–water partition coefficient (Wildman–Crippen LogP) is 1.19. The van der Waals surface area contributed by atoms with Crippen molar-refractivity contribution in [2.45, 2.75) is 71.3 Å². The topological polar surface area (TPSA) is 108 Å². The van der Waals surface area contributed by atoms with Crippen LogP contribution >= 0.6 is 11.3 Å². The molecule has 0 aromatic carbocycles. The Labute approximate surface area is 213 Å². The number of aliphatic hydroxyl groups excluding tert-OH is 2. The number of quaternary nitrogens is 1. The highest BCUT2D eigenvalue weighted by molar-refractivity contribution is 7.15. The smallest absolute Gasteiger partial charge is 0.220 e. The lowest BCUT2D eigenvalue weighted by atomic mass is 9.47. The first-order chi connectivity index (χ1) is 16.8. The van der Waals surface area contributed by atoms with Crippen molar-refractivity contribution in [2.24, 2.45) is 16.7 Å². The van der Waals surface area contributed by atoms with E-state index >= 15 is 0 Å². The van der Waals surface area contributed by atoms with E-state index in [9.17, 15) is 15.0 Å². The second-order valence-corrected chi connectivity index (χ2v) is 12.4. The number of fused-ring (bicyclic) bond motifs is 2. The molecule has 0 spiro atoms. The van der Waals surface area contributed by atoms with E-state index in [0.29, 0.717) is 19.4 Å². The summed E-state index contributed by atoms with van der Waals surface area (Å²) >= 11 is 1.69. The first-order valence-corrected chi connectivity index (χ1v) is 14.3. The van der Waals surface area contributed by atoms with Gasteiger partial charge in [-0.15, -0.1) is 11.3 Å². The molecule has 1 saturated heterocycles. The van der Waals surface area contributed by atoms with Gasteiger partial charge in [0.15, 0.2) is 5.13 Å². The summed E-state index contributed by atoms with van der Waals surface area (Å²) in [7, 11) is 0. The summed E-state index contributed by atoms with van der Waals surface area (Å²) in [5, 5.41) is 28.9. The highest BCUT2D eigenvalue weighted by Crippen LogP contribution is 2.62. The third-order valence-corrected chi connectivity index (χ3v) is 10.1. The molecule has 9 heteroatoms.